The molecule has 1 aliphatic heterocycles. The second-order valence-electron chi connectivity index (χ2n) is 10.2. The maximum absolute atomic E-state index is 12.5. The zero-order valence-corrected chi connectivity index (χ0v) is 21.1. The lowest BCUT2D eigenvalue weighted by Crippen LogP contribution is -2.41. The number of hydrogen-bond acceptors (Lipinski definition) is 4. The van der Waals surface area contributed by atoms with Crippen LogP contribution in [-0.4, -0.2) is 35.9 Å². The number of amides is 1. The van der Waals surface area contributed by atoms with Crippen LogP contribution in [0, 0.1) is 0 Å². The number of aromatic amines is 1. The Hall–Kier alpha value is -3.55. The molecule has 0 radical (unpaired) electrons. The van der Waals surface area contributed by atoms with Gasteiger partial charge in [0, 0.05) is 28.4 Å². The smallest absolute Gasteiger partial charge is 0.445 e. The van der Waals surface area contributed by atoms with Gasteiger partial charge in [0.25, 0.3) is 0 Å². The molecule has 0 bridgehead atoms. The summed E-state index contributed by atoms with van der Waals surface area (Å²) >= 11 is 0. The molecule has 2 heterocycles. The van der Waals surface area contributed by atoms with Gasteiger partial charge in [-0.2, -0.15) is 0 Å². The second kappa shape index (κ2) is 9.49. The van der Waals surface area contributed by atoms with Crippen molar-refractivity contribution in [2.24, 2.45) is 0 Å². The second-order valence-corrected chi connectivity index (χ2v) is 10.2. The predicted octanol–water partition coefficient (Wildman–Crippen LogP) is 6.26. The Labute approximate surface area is 211 Å². The number of fused-ring (bicyclic) bond motifs is 3. The average molecular weight is 482 g/mol. The van der Waals surface area contributed by atoms with Gasteiger partial charge in [0.1, 0.15) is 6.61 Å². The van der Waals surface area contributed by atoms with Gasteiger partial charge in [-0.15, -0.1) is 0 Å². The first kappa shape index (κ1) is 24.2. The van der Waals surface area contributed by atoms with E-state index in [-0.39, 0.29) is 13.2 Å². The van der Waals surface area contributed by atoms with Crippen LogP contribution in [0.15, 0.2) is 78.3 Å². The zero-order valence-electron chi connectivity index (χ0n) is 21.1. The van der Waals surface area contributed by atoms with E-state index < -0.39 is 24.4 Å². The molecule has 184 valence electrons. The Balaban J connectivity index is 1.40. The molecule has 0 saturated carbocycles. The number of alkyl carbamates (subject to hydrolysis) is 1. The van der Waals surface area contributed by atoms with Gasteiger partial charge in [0.15, 0.2) is 0 Å². The van der Waals surface area contributed by atoms with E-state index in [1.165, 1.54) is 5.39 Å². The Morgan fingerprint density at radius 2 is 1.58 bits per heavy atom. The minimum atomic E-state index is -0.594. The molecule has 36 heavy (non-hydrogen) atoms. The van der Waals surface area contributed by atoms with Crippen LogP contribution in [0.1, 0.15) is 38.8 Å². The Morgan fingerprint density at radius 1 is 0.917 bits per heavy atom. The van der Waals surface area contributed by atoms with Crippen LogP contribution in [0.4, 0.5) is 4.79 Å². The number of benzene rings is 3. The maximum Gasteiger partial charge on any atom is 0.492 e. The Morgan fingerprint density at radius 3 is 2.33 bits per heavy atom. The van der Waals surface area contributed by atoms with Crippen molar-refractivity contribution in [3.8, 4) is 0 Å². The fraction of sp³-hybridized carbons (Fsp3) is 0.276. The molecule has 1 saturated heterocycles. The third-order valence-corrected chi connectivity index (χ3v) is 7.09. The lowest BCUT2D eigenvalue weighted by molar-refractivity contribution is 0.00578. The van der Waals surface area contributed by atoms with Crippen LogP contribution >= 0.6 is 0 Å². The average Bonchev–Trinajstić information content (AvgIpc) is 3.33. The molecule has 1 aliphatic rings. The topological polar surface area (TPSA) is 72.6 Å². The first-order valence-electron chi connectivity index (χ1n) is 12.2. The van der Waals surface area contributed by atoms with Crippen LogP contribution in [-0.2, 0) is 20.7 Å². The fourth-order valence-corrected chi connectivity index (χ4v) is 4.31. The highest BCUT2D eigenvalue weighted by molar-refractivity contribution is 6.56. The summed E-state index contributed by atoms with van der Waals surface area (Å²) in [7, 11) is -0.594. The zero-order chi connectivity index (χ0) is 25.3. The van der Waals surface area contributed by atoms with Crippen LogP contribution in [0.3, 0.4) is 0 Å². The van der Waals surface area contributed by atoms with E-state index in [0.29, 0.717) is 0 Å². The summed E-state index contributed by atoms with van der Waals surface area (Å²) in [5.74, 6) is 0. The van der Waals surface area contributed by atoms with Gasteiger partial charge in [0.2, 0.25) is 0 Å². The third-order valence-electron chi connectivity index (χ3n) is 7.09. The molecule has 1 amide bonds. The summed E-state index contributed by atoms with van der Waals surface area (Å²) in [5, 5.41) is 5.18. The molecular weight excluding hydrogens is 451 g/mol. The number of carbonyl (C=O) groups is 1. The molecule has 1 aromatic heterocycles. The van der Waals surface area contributed by atoms with Crippen LogP contribution in [0.2, 0.25) is 0 Å². The van der Waals surface area contributed by atoms with Crippen molar-refractivity contribution in [1.29, 1.82) is 0 Å². The first-order valence-corrected chi connectivity index (χ1v) is 12.2. The van der Waals surface area contributed by atoms with E-state index in [1.54, 1.807) is 0 Å². The van der Waals surface area contributed by atoms with Crippen molar-refractivity contribution in [2.75, 3.05) is 6.54 Å². The van der Waals surface area contributed by atoms with Gasteiger partial charge in [0.05, 0.1) is 11.2 Å². The number of rotatable bonds is 6. The van der Waals surface area contributed by atoms with Crippen molar-refractivity contribution < 1.29 is 18.8 Å². The fourth-order valence-electron chi connectivity index (χ4n) is 4.31. The maximum atomic E-state index is 12.5. The summed E-state index contributed by atoms with van der Waals surface area (Å²) in [6.45, 7) is 8.51. The SMILES string of the molecule is CC1(C)OB(C(=Cc2ccc3[nH]c4ccccc4c3c2)CNC(=O)OCc2ccccc2)OC1(C)C. The van der Waals surface area contributed by atoms with E-state index >= 15 is 0 Å². The standard InChI is InChI=1S/C29H31BN2O4/c1-28(2)29(3,4)36-30(35-28)22(18-31-27(33)34-19-20-10-6-5-7-11-20)16-21-14-15-26-24(17-21)23-12-8-9-13-25(23)32-26/h5-17,32H,18-19H2,1-4H3,(H,31,33). The summed E-state index contributed by atoms with van der Waals surface area (Å²) in [5.41, 5.74) is 3.93. The molecule has 4 aromatic rings. The normalized spacial score (nSPS) is 17.0. The van der Waals surface area contributed by atoms with Gasteiger partial charge in [-0.25, -0.2) is 4.79 Å². The number of hydrogen-bond donors (Lipinski definition) is 2. The molecule has 3 aromatic carbocycles. The lowest BCUT2D eigenvalue weighted by atomic mass is 9.77. The minimum absolute atomic E-state index is 0.208. The van der Waals surface area contributed by atoms with Gasteiger partial charge >= 0.3 is 13.2 Å². The monoisotopic (exact) mass is 482 g/mol. The van der Waals surface area contributed by atoms with E-state index in [0.717, 1.165) is 33.0 Å². The number of para-hydroxylation sites is 1. The van der Waals surface area contributed by atoms with Crippen molar-refractivity contribution in [3.63, 3.8) is 0 Å². The third kappa shape index (κ3) is 4.90. The summed E-state index contributed by atoms with van der Waals surface area (Å²) in [4.78, 5) is 15.9. The Kier molecular flexibility index (Phi) is 6.37. The highest BCUT2D eigenvalue weighted by atomic mass is 16.7. The predicted molar refractivity (Wildman–Crippen MR) is 144 cm³/mol. The van der Waals surface area contributed by atoms with Crippen molar-refractivity contribution >= 4 is 41.1 Å². The molecule has 7 heteroatoms. The number of carbonyl (C=O) groups excluding carboxylic acids is 1. The Bertz CT molecular complexity index is 1410. The molecule has 0 aliphatic carbocycles. The summed E-state index contributed by atoms with van der Waals surface area (Å²) < 4.78 is 18.0. The van der Waals surface area contributed by atoms with Gasteiger partial charge < -0.3 is 24.3 Å². The van der Waals surface area contributed by atoms with E-state index in [2.05, 4.69) is 40.6 Å². The number of ether oxygens (including phenoxy) is 1. The van der Waals surface area contributed by atoms with Crippen LogP contribution < -0.4 is 5.32 Å². The number of nitrogens with one attached hydrogen (secondary N) is 2. The molecule has 0 atom stereocenters. The molecule has 0 unspecified atom stereocenters. The quantitative estimate of drug-likeness (QED) is 0.318. The van der Waals surface area contributed by atoms with Gasteiger partial charge in [-0.05, 0) is 62.5 Å². The molecule has 2 N–H and O–H groups in total. The molecule has 5 rings (SSSR count). The van der Waals surface area contributed by atoms with Crippen LogP contribution in [0.5, 0.6) is 0 Å². The van der Waals surface area contributed by atoms with E-state index in [1.807, 2.05) is 76.2 Å². The highest BCUT2D eigenvalue weighted by Gasteiger charge is 2.52. The number of aromatic nitrogens is 1. The summed E-state index contributed by atoms with van der Waals surface area (Å²) in [6, 6.07) is 24.1. The highest BCUT2D eigenvalue weighted by Crippen LogP contribution is 2.39. The van der Waals surface area contributed by atoms with Crippen molar-refractivity contribution in [1.82, 2.24) is 10.3 Å². The van der Waals surface area contributed by atoms with Gasteiger partial charge in [-0.1, -0.05) is 60.7 Å². The molecule has 0 spiro atoms. The molecule has 6 nitrogen and oxygen atoms in total. The largest absolute Gasteiger partial charge is 0.492 e. The molecule has 1 fully saturated rings. The van der Waals surface area contributed by atoms with Gasteiger partial charge in [-0.3, -0.25) is 0 Å². The van der Waals surface area contributed by atoms with Crippen molar-refractivity contribution in [3.05, 3.63) is 89.4 Å². The minimum Gasteiger partial charge on any atom is -0.445 e. The summed E-state index contributed by atoms with van der Waals surface area (Å²) in [6.07, 6.45) is 1.54. The lowest BCUT2D eigenvalue weighted by Gasteiger charge is -2.32. The molecular formula is C29H31BN2O4. The van der Waals surface area contributed by atoms with Crippen LogP contribution in [0.25, 0.3) is 27.9 Å². The number of H-pyrrole nitrogens is 1. The first-order chi connectivity index (χ1) is 17.2. The van der Waals surface area contributed by atoms with Crippen molar-refractivity contribution in [2.45, 2.75) is 45.5 Å². The van der Waals surface area contributed by atoms with E-state index in [4.69, 9.17) is 14.0 Å². The van der Waals surface area contributed by atoms with E-state index in [9.17, 15) is 4.79 Å².